The third-order valence-corrected chi connectivity index (χ3v) is 12.0. The number of pyridine rings is 1. The summed E-state index contributed by atoms with van der Waals surface area (Å²) in [5.41, 5.74) is 1.21. The fourth-order valence-corrected chi connectivity index (χ4v) is 5.85. The van der Waals surface area contributed by atoms with E-state index in [-0.39, 0.29) is 22.7 Å². The van der Waals surface area contributed by atoms with E-state index < -0.39 is 32.1 Å². The van der Waals surface area contributed by atoms with Crippen molar-refractivity contribution in [3.63, 3.8) is 0 Å². The number of aromatic nitrogens is 1. The Labute approximate surface area is 227 Å². The predicted octanol–water partition coefficient (Wildman–Crippen LogP) is 6.09. The van der Waals surface area contributed by atoms with Gasteiger partial charge in [0.1, 0.15) is 5.60 Å². The molecule has 38 heavy (non-hydrogen) atoms. The van der Waals surface area contributed by atoms with Gasteiger partial charge in [-0.2, -0.15) is 4.73 Å². The maximum atomic E-state index is 13.7. The Hall–Kier alpha value is -2.91. The van der Waals surface area contributed by atoms with Crippen molar-refractivity contribution >= 4 is 20.4 Å². The van der Waals surface area contributed by atoms with E-state index in [0.717, 1.165) is 22.3 Å². The second-order valence-corrected chi connectivity index (χ2v) is 17.4. The van der Waals surface area contributed by atoms with E-state index in [9.17, 15) is 19.9 Å². The molecule has 0 unspecified atom stereocenters. The van der Waals surface area contributed by atoms with E-state index in [1.54, 1.807) is 35.2 Å². The van der Waals surface area contributed by atoms with E-state index in [0.29, 0.717) is 12.8 Å². The van der Waals surface area contributed by atoms with E-state index in [2.05, 4.69) is 33.9 Å². The molecule has 1 aromatic carbocycles. The number of carboxylic acids is 1. The lowest BCUT2D eigenvalue weighted by molar-refractivity contribution is -0.606. The molecule has 3 rings (SSSR count). The van der Waals surface area contributed by atoms with Crippen LogP contribution in [0.25, 0.3) is 0 Å². The number of likely N-dealkylation sites (tertiary alicyclic amines) is 1. The van der Waals surface area contributed by atoms with E-state index in [1.807, 2.05) is 26.8 Å². The van der Waals surface area contributed by atoms with Crippen LogP contribution in [-0.4, -0.2) is 48.1 Å². The fraction of sp³-hybridized carbons (Fsp3) is 0.552. The summed E-state index contributed by atoms with van der Waals surface area (Å²) in [6, 6.07) is 9.86. The Balaban J connectivity index is 2.02. The molecule has 1 fully saturated rings. The van der Waals surface area contributed by atoms with Gasteiger partial charge >= 0.3 is 12.1 Å². The number of ether oxygens (including phenoxy) is 1. The average Bonchev–Trinajstić information content (AvgIpc) is 3.19. The quantitative estimate of drug-likeness (QED) is 0.258. The maximum absolute atomic E-state index is 13.7. The van der Waals surface area contributed by atoms with Crippen molar-refractivity contribution in [2.45, 2.75) is 103 Å². The van der Waals surface area contributed by atoms with Crippen molar-refractivity contribution in [3.05, 3.63) is 70.7 Å². The Bertz CT molecular complexity index is 1140. The highest BCUT2D eigenvalue weighted by molar-refractivity contribution is 6.74. The molecule has 1 N–H and O–H groups in total. The summed E-state index contributed by atoms with van der Waals surface area (Å²) in [6.45, 7) is 16.4. The van der Waals surface area contributed by atoms with Crippen LogP contribution < -0.4 is 4.73 Å². The molecule has 8 nitrogen and oxygen atoms in total. The molecule has 3 atom stereocenters. The van der Waals surface area contributed by atoms with Gasteiger partial charge in [0.15, 0.2) is 20.7 Å². The van der Waals surface area contributed by atoms with Crippen LogP contribution in [0.2, 0.25) is 18.1 Å². The van der Waals surface area contributed by atoms with Gasteiger partial charge in [-0.1, -0.05) is 32.9 Å². The molecule has 0 spiro atoms. The minimum absolute atomic E-state index is 0.0753. The third kappa shape index (κ3) is 7.14. The number of nitrogens with zero attached hydrogens (tertiary/aromatic N) is 2. The van der Waals surface area contributed by atoms with Gasteiger partial charge in [0, 0.05) is 17.7 Å². The lowest BCUT2D eigenvalue weighted by atomic mass is 10.0. The number of amides is 1. The van der Waals surface area contributed by atoms with Crippen LogP contribution in [0, 0.1) is 5.21 Å². The van der Waals surface area contributed by atoms with Gasteiger partial charge in [-0.15, -0.1) is 0 Å². The molecule has 9 heteroatoms. The summed E-state index contributed by atoms with van der Waals surface area (Å²) in [6.07, 6.45) is 4.03. The van der Waals surface area contributed by atoms with Gasteiger partial charge in [0.05, 0.1) is 17.7 Å². The van der Waals surface area contributed by atoms with Crippen LogP contribution in [0.1, 0.15) is 82.0 Å². The SMILES string of the molecule is CC(C)(C)OC(=O)N1[C@H](Cc2ccc(C(=O)O)cc2)CC[C@@H]1[C@H](O[Si](C)(C)C(C)(C)C)c1ccc[n+]([O-])c1. The Kier molecular flexibility index (Phi) is 8.63. The number of carbonyl (C=O) groups excluding carboxylic acids is 1. The first-order valence-electron chi connectivity index (χ1n) is 13.2. The standard InChI is InChI=1S/C29H42N2O6Si/c1-28(2,3)36-27(34)31-23(18-20-11-13-21(14-12-20)26(32)33)15-16-24(31)25(22-10-9-17-30(35)19-22)37-38(7,8)29(4,5)6/h9-14,17,19,23-25H,15-16,18H2,1-8H3,(H,32,33)/t23-,24+,25+/m0/s1. The molecule has 0 saturated carbocycles. The van der Waals surface area contributed by atoms with Gasteiger partial charge in [0.2, 0.25) is 0 Å². The summed E-state index contributed by atoms with van der Waals surface area (Å²) in [7, 11) is -2.31. The Morgan fingerprint density at radius 1 is 1.11 bits per heavy atom. The maximum Gasteiger partial charge on any atom is 0.410 e. The molecule has 1 aliphatic rings. The molecule has 2 heterocycles. The molecule has 1 aromatic heterocycles. The highest BCUT2D eigenvalue weighted by atomic mass is 28.4. The second-order valence-electron chi connectivity index (χ2n) is 12.7. The zero-order chi connectivity index (χ0) is 28.5. The molecule has 1 amide bonds. The highest BCUT2D eigenvalue weighted by Crippen LogP contribution is 2.44. The molecule has 0 radical (unpaired) electrons. The van der Waals surface area contributed by atoms with Crippen LogP contribution in [0.4, 0.5) is 4.79 Å². The number of carbonyl (C=O) groups is 2. The van der Waals surface area contributed by atoms with Gasteiger partial charge in [-0.25, -0.2) is 9.59 Å². The van der Waals surface area contributed by atoms with E-state index >= 15 is 0 Å². The molecular weight excluding hydrogens is 500 g/mol. The number of benzene rings is 1. The molecule has 0 bridgehead atoms. The van der Waals surface area contributed by atoms with Gasteiger partial charge in [-0.3, -0.25) is 4.90 Å². The van der Waals surface area contributed by atoms with Crippen LogP contribution >= 0.6 is 0 Å². The van der Waals surface area contributed by atoms with Crippen LogP contribution in [0.15, 0.2) is 48.8 Å². The summed E-state index contributed by atoms with van der Waals surface area (Å²) < 4.78 is 13.6. The first kappa shape index (κ1) is 29.6. The van der Waals surface area contributed by atoms with Crippen LogP contribution in [0.3, 0.4) is 0 Å². The number of hydrogen-bond donors (Lipinski definition) is 1. The Morgan fingerprint density at radius 2 is 1.74 bits per heavy atom. The van der Waals surface area contributed by atoms with E-state index in [1.165, 1.54) is 12.4 Å². The van der Waals surface area contributed by atoms with Crippen molar-refractivity contribution in [3.8, 4) is 0 Å². The lowest BCUT2D eigenvalue weighted by Gasteiger charge is -2.43. The largest absolute Gasteiger partial charge is 0.619 e. The zero-order valence-corrected chi connectivity index (χ0v) is 24.9. The minimum atomic E-state index is -2.31. The van der Waals surface area contributed by atoms with Crippen molar-refractivity contribution in [2.75, 3.05) is 0 Å². The number of aromatic carboxylic acids is 1. The third-order valence-electron chi connectivity index (χ3n) is 7.53. The molecule has 2 aromatic rings. The topological polar surface area (TPSA) is 103 Å². The van der Waals surface area contributed by atoms with Crippen molar-refractivity contribution in [1.82, 2.24) is 4.90 Å². The highest BCUT2D eigenvalue weighted by Gasteiger charge is 2.48. The van der Waals surface area contributed by atoms with E-state index in [4.69, 9.17) is 9.16 Å². The fourth-order valence-electron chi connectivity index (χ4n) is 4.57. The first-order chi connectivity index (χ1) is 17.5. The first-order valence-corrected chi connectivity index (χ1v) is 16.1. The lowest BCUT2D eigenvalue weighted by Crippen LogP contribution is -2.51. The second kappa shape index (κ2) is 11.1. The Morgan fingerprint density at radius 3 is 2.26 bits per heavy atom. The average molecular weight is 543 g/mol. The van der Waals surface area contributed by atoms with Crippen molar-refractivity contribution in [2.24, 2.45) is 0 Å². The molecule has 1 saturated heterocycles. The smallest absolute Gasteiger partial charge is 0.410 e. The normalized spacial score (nSPS) is 19.3. The van der Waals surface area contributed by atoms with Gasteiger partial charge < -0.3 is 19.5 Å². The summed E-state index contributed by atoms with van der Waals surface area (Å²) >= 11 is 0. The number of hydrogen-bond acceptors (Lipinski definition) is 5. The van der Waals surface area contributed by atoms with Crippen molar-refractivity contribution in [1.29, 1.82) is 0 Å². The zero-order valence-electron chi connectivity index (χ0n) is 23.9. The van der Waals surface area contributed by atoms with Gasteiger partial charge in [0.25, 0.3) is 0 Å². The summed E-state index contributed by atoms with van der Waals surface area (Å²) in [4.78, 5) is 26.8. The molecule has 1 aliphatic heterocycles. The van der Waals surface area contributed by atoms with Crippen molar-refractivity contribution < 1.29 is 28.6 Å². The van der Waals surface area contributed by atoms with Gasteiger partial charge in [-0.05, 0) is 81.9 Å². The number of carboxylic acid groups (broad SMARTS) is 1. The van der Waals surface area contributed by atoms with Crippen LogP contribution in [0.5, 0.6) is 0 Å². The number of rotatable bonds is 7. The molecular formula is C29H42N2O6Si. The summed E-state index contributed by atoms with van der Waals surface area (Å²) in [5, 5.41) is 21.5. The monoisotopic (exact) mass is 542 g/mol. The molecule has 0 aliphatic carbocycles. The minimum Gasteiger partial charge on any atom is -0.619 e. The van der Waals surface area contributed by atoms with Crippen LogP contribution in [-0.2, 0) is 15.6 Å². The molecule has 208 valence electrons. The predicted molar refractivity (Wildman–Crippen MR) is 148 cm³/mol. The summed E-state index contributed by atoms with van der Waals surface area (Å²) in [5.74, 6) is -0.975.